The van der Waals surface area contributed by atoms with E-state index in [2.05, 4.69) is 10.5 Å². The van der Waals surface area contributed by atoms with E-state index in [9.17, 15) is 4.79 Å². The Labute approximate surface area is 104 Å². The second-order valence-electron chi connectivity index (χ2n) is 3.42. The zero-order chi connectivity index (χ0) is 12.3. The Hall–Kier alpha value is -1.81. The van der Waals surface area contributed by atoms with Gasteiger partial charge in [0.25, 0.3) is 5.91 Å². The first-order valence-corrected chi connectivity index (χ1v) is 5.60. The van der Waals surface area contributed by atoms with Crippen molar-refractivity contribution >= 4 is 17.5 Å². The molecule has 0 aliphatic heterocycles. The molecule has 0 aliphatic rings. The van der Waals surface area contributed by atoms with E-state index < -0.39 is 0 Å². The zero-order valence-corrected chi connectivity index (χ0v) is 9.99. The predicted octanol–water partition coefficient (Wildman–Crippen LogP) is 2.74. The van der Waals surface area contributed by atoms with Gasteiger partial charge in [0.15, 0.2) is 0 Å². The lowest BCUT2D eigenvalue weighted by atomic mass is 10.1. The van der Waals surface area contributed by atoms with Crippen LogP contribution in [0.4, 0.5) is 0 Å². The van der Waals surface area contributed by atoms with E-state index in [1.54, 1.807) is 12.1 Å². The van der Waals surface area contributed by atoms with Gasteiger partial charge in [-0.05, 0) is 13.0 Å². The van der Waals surface area contributed by atoms with E-state index in [1.165, 1.54) is 0 Å². The SMILES string of the molecule is CCNC(=O)c1cc(-c2ccccc2Cl)no1. The van der Waals surface area contributed by atoms with Crippen molar-refractivity contribution < 1.29 is 9.32 Å². The van der Waals surface area contributed by atoms with Gasteiger partial charge in [0.2, 0.25) is 5.76 Å². The highest BCUT2D eigenvalue weighted by atomic mass is 35.5. The lowest BCUT2D eigenvalue weighted by Gasteiger charge is -1.97. The van der Waals surface area contributed by atoms with Crippen LogP contribution in [0.25, 0.3) is 11.3 Å². The topological polar surface area (TPSA) is 55.1 Å². The summed E-state index contributed by atoms with van der Waals surface area (Å²) in [6, 6.07) is 8.84. The van der Waals surface area contributed by atoms with Crippen LogP contribution in [0.1, 0.15) is 17.5 Å². The molecule has 1 amide bonds. The molecule has 17 heavy (non-hydrogen) atoms. The van der Waals surface area contributed by atoms with E-state index in [-0.39, 0.29) is 11.7 Å². The Morgan fingerprint density at radius 2 is 2.24 bits per heavy atom. The number of rotatable bonds is 3. The highest BCUT2D eigenvalue weighted by Crippen LogP contribution is 2.26. The third-order valence-corrected chi connectivity index (χ3v) is 2.55. The minimum atomic E-state index is -0.279. The number of carbonyl (C=O) groups is 1. The Balaban J connectivity index is 2.30. The lowest BCUT2D eigenvalue weighted by Crippen LogP contribution is -2.21. The van der Waals surface area contributed by atoms with Crippen molar-refractivity contribution in [3.63, 3.8) is 0 Å². The van der Waals surface area contributed by atoms with Crippen molar-refractivity contribution in [1.82, 2.24) is 10.5 Å². The molecule has 0 unspecified atom stereocenters. The van der Waals surface area contributed by atoms with Crippen molar-refractivity contribution in [1.29, 1.82) is 0 Å². The maximum Gasteiger partial charge on any atom is 0.289 e. The van der Waals surface area contributed by atoms with Crippen molar-refractivity contribution in [2.24, 2.45) is 0 Å². The third-order valence-electron chi connectivity index (χ3n) is 2.22. The summed E-state index contributed by atoms with van der Waals surface area (Å²) in [6.45, 7) is 2.38. The van der Waals surface area contributed by atoms with Crippen LogP contribution in [-0.4, -0.2) is 17.6 Å². The van der Waals surface area contributed by atoms with Crippen LogP contribution in [-0.2, 0) is 0 Å². The molecule has 1 aromatic heterocycles. The maximum atomic E-state index is 11.5. The fraction of sp³-hybridized carbons (Fsp3) is 0.167. The molecule has 0 spiro atoms. The molecule has 0 saturated carbocycles. The molecule has 0 fully saturated rings. The minimum absolute atomic E-state index is 0.182. The van der Waals surface area contributed by atoms with Gasteiger partial charge >= 0.3 is 0 Å². The molecule has 5 heteroatoms. The normalized spacial score (nSPS) is 10.2. The smallest absolute Gasteiger partial charge is 0.289 e. The Bertz CT molecular complexity index is 537. The Morgan fingerprint density at radius 1 is 1.47 bits per heavy atom. The molecule has 2 rings (SSSR count). The molecule has 0 saturated heterocycles. The summed E-state index contributed by atoms with van der Waals surface area (Å²) in [7, 11) is 0. The maximum absolute atomic E-state index is 11.5. The average Bonchev–Trinajstić information content (AvgIpc) is 2.79. The van der Waals surface area contributed by atoms with Crippen LogP contribution in [0.2, 0.25) is 5.02 Å². The molecule has 1 aromatic carbocycles. The Morgan fingerprint density at radius 3 is 2.94 bits per heavy atom. The molecule has 4 nitrogen and oxygen atoms in total. The van der Waals surface area contributed by atoms with Crippen LogP contribution < -0.4 is 5.32 Å². The van der Waals surface area contributed by atoms with Crippen LogP contribution in [0, 0.1) is 0 Å². The van der Waals surface area contributed by atoms with Crippen LogP contribution in [0.3, 0.4) is 0 Å². The van der Waals surface area contributed by atoms with Gasteiger partial charge in [0.05, 0.1) is 5.02 Å². The van der Waals surface area contributed by atoms with Crippen molar-refractivity contribution in [2.45, 2.75) is 6.92 Å². The second-order valence-corrected chi connectivity index (χ2v) is 3.82. The number of nitrogens with one attached hydrogen (secondary N) is 1. The van der Waals surface area contributed by atoms with Gasteiger partial charge in [-0.2, -0.15) is 0 Å². The first kappa shape index (κ1) is 11.7. The lowest BCUT2D eigenvalue weighted by molar-refractivity contribution is 0.0919. The van der Waals surface area contributed by atoms with Crippen LogP contribution in [0.15, 0.2) is 34.9 Å². The number of hydrogen-bond donors (Lipinski definition) is 1. The number of halogens is 1. The summed E-state index contributed by atoms with van der Waals surface area (Å²) in [5.74, 6) is -0.0972. The molecule has 1 heterocycles. The Kier molecular flexibility index (Phi) is 3.44. The predicted molar refractivity (Wildman–Crippen MR) is 65.0 cm³/mol. The summed E-state index contributed by atoms with van der Waals surface area (Å²) in [6.07, 6.45) is 0. The van der Waals surface area contributed by atoms with E-state index in [0.717, 1.165) is 5.56 Å². The molecular formula is C12H11ClN2O2. The number of nitrogens with zero attached hydrogens (tertiary/aromatic N) is 1. The molecule has 2 aromatic rings. The molecule has 0 atom stereocenters. The van der Waals surface area contributed by atoms with E-state index in [4.69, 9.17) is 16.1 Å². The summed E-state index contributed by atoms with van der Waals surface area (Å²) in [5.41, 5.74) is 1.30. The quantitative estimate of drug-likeness (QED) is 0.911. The minimum Gasteiger partial charge on any atom is -0.350 e. The fourth-order valence-electron chi connectivity index (χ4n) is 1.43. The summed E-state index contributed by atoms with van der Waals surface area (Å²) < 4.78 is 4.97. The molecule has 1 N–H and O–H groups in total. The molecule has 0 bridgehead atoms. The highest BCUT2D eigenvalue weighted by Gasteiger charge is 2.14. The largest absolute Gasteiger partial charge is 0.350 e. The van der Waals surface area contributed by atoms with Crippen molar-refractivity contribution in [2.75, 3.05) is 6.54 Å². The monoisotopic (exact) mass is 250 g/mol. The summed E-state index contributed by atoms with van der Waals surface area (Å²) >= 11 is 6.03. The van der Waals surface area contributed by atoms with E-state index in [1.807, 2.05) is 25.1 Å². The average molecular weight is 251 g/mol. The number of aromatic nitrogens is 1. The van der Waals surface area contributed by atoms with E-state index in [0.29, 0.717) is 17.3 Å². The first-order valence-electron chi connectivity index (χ1n) is 5.22. The number of benzene rings is 1. The summed E-state index contributed by atoms with van der Waals surface area (Å²) in [5, 5.41) is 7.04. The van der Waals surface area contributed by atoms with Gasteiger partial charge in [-0.1, -0.05) is 35.0 Å². The first-order chi connectivity index (χ1) is 8.22. The van der Waals surface area contributed by atoms with Gasteiger partial charge in [0, 0.05) is 18.2 Å². The standard InChI is InChI=1S/C12H11ClN2O2/c1-2-14-12(16)11-7-10(15-17-11)8-5-3-4-6-9(8)13/h3-7H,2H2,1H3,(H,14,16). The van der Waals surface area contributed by atoms with Gasteiger partial charge < -0.3 is 9.84 Å². The van der Waals surface area contributed by atoms with Gasteiger partial charge in [-0.15, -0.1) is 0 Å². The molecular weight excluding hydrogens is 240 g/mol. The second kappa shape index (κ2) is 5.01. The molecule has 0 aliphatic carbocycles. The van der Waals surface area contributed by atoms with Crippen molar-refractivity contribution in [3.8, 4) is 11.3 Å². The van der Waals surface area contributed by atoms with Gasteiger partial charge in [-0.3, -0.25) is 4.79 Å². The highest BCUT2D eigenvalue weighted by molar-refractivity contribution is 6.33. The van der Waals surface area contributed by atoms with E-state index >= 15 is 0 Å². The molecule has 0 radical (unpaired) electrons. The third kappa shape index (κ3) is 2.47. The van der Waals surface area contributed by atoms with Gasteiger partial charge in [-0.25, -0.2) is 0 Å². The zero-order valence-electron chi connectivity index (χ0n) is 9.24. The van der Waals surface area contributed by atoms with Gasteiger partial charge in [0.1, 0.15) is 5.69 Å². The fourth-order valence-corrected chi connectivity index (χ4v) is 1.66. The number of amides is 1. The summed E-state index contributed by atoms with van der Waals surface area (Å²) in [4.78, 5) is 11.5. The molecule has 88 valence electrons. The van der Waals surface area contributed by atoms with Crippen LogP contribution in [0.5, 0.6) is 0 Å². The number of hydrogen-bond acceptors (Lipinski definition) is 3. The van der Waals surface area contributed by atoms with Crippen molar-refractivity contribution in [3.05, 3.63) is 41.1 Å². The number of carbonyl (C=O) groups excluding carboxylic acids is 1. The van der Waals surface area contributed by atoms with Crippen LogP contribution >= 0.6 is 11.6 Å².